The van der Waals surface area contributed by atoms with E-state index in [1.807, 2.05) is 29.2 Å². The third-order valence-electron chi connectivity index (χ3n) is 3.58. The number of piperazine rings is 1. The molecule has 1 aromatic heterocycles. The number of hydrogen-bond donors (Lipinski definition) is 0. The molecule has 1 aliphatic rings. The number of rotatable bonds is 3. The van der Waals surface area contributed by atoms with Crippen molar-refractivity contribution in [3.8, 4) is 0 Å². The lowest BCUT2D eigenvalue weighted by molar-refractivity contribution is -0.126. The summed E-state index contributed by atoms with van der Waals surface area (Å²) in [6, 6.07) is 7.47. The summed E-state index contributed by atoms with van der Waals surface area (Å²) in [5.74, 6) is 0.902. The van der Waals surface area contributed by atoms with Gasteiger partial charge in [0, 0.05) is 37.3 Å². The minimum absolute atomic E-state index is 0.0102. The van der Waals surface area contributed by atoms with Crippen LogP contribution < -0.4 is 4.90 Å². The molecule has 0 bridgehead atoms. The van der Waals surface area contributed by atoms with E-state index in [9.17, 15) is 4.79 Å². The molecule has 1 aliphatic heterocycles. The van der Waals surface area contributed by atoms with Crippen LogP contribution in [0.3, 0.4) is 0 Å². The Morgan fingerprint density at radius 2 is 2.00 bits per heavy atom. The van der Waals surface area contributed by atoms with E-state index >= 15 is 0 Å². The molecule has 2 heterocycles. The molecule has 0 saturated carbocycles. The summed E-state index contributed by atoms with van der Waals surface area (Å²) in [5.41, 5.74) is 0.852. The predicted octanol–water partition coefficient (Wildman–Crippen LogP) is 2.55. The Labute approximate surface area is 138 Å². The second kappa shape index (κ2) is 6.89. The quantitative estimate of drug-likeness (QED) is 0.809. The van der Waals surface area contributed by atoms with Gasteiger partial charge in [-0.25, -0.2) is 0 Å². The van der Waals surface area contributed by atoms with Crippen LogP contribution in [0.15, 0.2) is 36.5 Å². The van der Waals surface area contributed by atoms with Crippen LogP contribution >= 0.6 is 23.3 Å². The van der Waals surface area contributed by atoms with Gasteiger partial charge in [0.25, 0.3) is 0 Å². The zero-order chi connectivity index (χ0) is 15.4. The van der Waals surface area contributed by atoms with Gasteiger partial charge in [-0.2, -0.15) is 8.75 Å². The zero-order valence-electron chi connectivity index (χ0n) is 11.9. The third-order valence-corrected chi connectivity index (χ3v) is 4.39. The van der Waals surface area contributed by atoms with Gasteiger partial charge in [0.05, 0.1) is 17.9 Å². The fourth-order valence-electron chi connectivity index (χ4n) is 2.33. The van der Waals surface area contributed by atoms with Gasteiger partial charge in [-0.3, -0.25) is 4.79 Å². The van der Waals surface area contributed by atoms with Crippen molar-refractivity contribution in [1.29, 1.82) is 0 Å². The van der Waals surface area contributed by atoms with Crippen LogP contribution in [0.2, 0.25) is 5.02 Å². The first-order valence-electron chi connectivity index (χ1n) is 6.98. The van der Waals surface area contributed by atoms with Gasteiger partial charge < -0.3 is 9.80 Å². The van der Waals surface area contributed by atoms with Crippen molar-refractivity contribution in [2.45, 2.75) is 0 Å². The Balaban J connectivity index is 1.57. The molecule has 1 amide bonds. The van der Waals surface area contributed by atoms with Crippen LogP contribution in [-0.4, -0.2) is 45.7 Å². The molecule has 7 heteroatoms. The lowest BCUT2D eigenvalue weighted by Gasteiger charge is -2.34. The Kier molecular flexibility index (Phi) is 4.70. The normalized spacial score (nSPS) is 15.5. The van der Waals surface area contributed by atoms with Gasteiger partial charge in [0.2, 0.25) is 5.91 Å². The third kappa shape index (κ3) is 3.45. The second-order valence-electron chi connectivity index (χ2n) is 4.93. The summed E-state index contributed by atoms with van der Waals surface area (Å²) in [6.45, 7) is 2.92. The molecule has 1 fully saturated rings. The molecule has 0 N–H and O–H groups in total. The number of amides is 1. The standard InChI is InChI=1S/C15H15ClN4OS/c16-13-4-2-1-3-12(13)5-6-15(21)20-9-7-19(8-10-20)14-11-17-22-18-14/h1-6,11H,7-10H2. The molecule has 114 valence electrons. The first-order valence-corrected chi connectivity index (χ1v) is 8.09. The number of halogens is 1. The molecule has 0 unspecified atom stereocenters. The molecule has 22 heavy (non-hydrogen) atoms. The minimum Gasteiger partial charge on any atom is -0.351 e. The van der Waals surface area contributed by atoms with Gasteiger partial charge in [-0.15, -0.1) is 0 Å². The van der Waals surface area contributed by atoms with Crippen LogP contribution in [0, 0.1) is 0 Å². The molecular weight excluding hydrogens is 320 g/mol. The van der Waals surface area contributed by atoms with Crippen LogP contribution in [0.1, 0.15) is 5.56 Å². The molecule has 1 aromatic carbocycles. The van der Waals surface area contributed by atoms with Gasteiger partial charge in [0.1, 0.15) is 0 Å². The SMILES string of the molecule is O=C(C=Cc1ccccc1Cl)N1CCN(c2cnsn2)CC1. The number of carbonyl (C=O) groups excluding carboxylic acids is 1. The van der Waals surface area contributed by atoms with Crippen molar-refractivity contribution in [3.63, 3.8) is 0 Å². The van der Waals surface area contributed by atoms with E-state index in [0.717, 1.165) is 24.5 Å². The number of benzene rings is 1. The summed E-state index contributed by atoms with van der Waals surface area (Å²) >= 11 is 7.28. The van der Waals surface area contributed by atoms with Crippen LogP contribution in [-0.2, 0) is 4.79 Å². The number of hydrogen-bond acceptors (Lipinski definition) is 5. The molecular formula is C15H15ClN4OS. The molecule has 1 saturated heterocycles. The summed E-state index contributed by atoms with van der Waals surface area (Å²) < 4.78 is 8.23. The molecule has 0 atom stereocenters. The van der Waals surface area contributed by atoms with E-state index in [0.29, 0.717) is 18.1 Å². The fourth-order valence-corrected chi connectivity index (χ4v) is 2.97. The average molecular weight is 335 g/mol. The van der Waals surface area contributed by atoms with E-state index in [1.165, 1.54) is 11.7 Å². The summed E-state index contributed by atoms with van der Waals surface area (Å²) in [7, 11) is 0. The Bertz CT molecular complexity index is 666. The molecule has 0 spiro atoms. The van der Waals surface area contributed by atoms with Crippen molar-refractivity contribution in [2.24, 2.45) is 0 Å². The van der Waals surface area contributed by atoms with Crippen molar-refractivity contribution in [2.75, 3.05) is 31.1 Å². The topological polar surface area (TPSA) is 49.3 Å². The number of anilines is 1. The number of carbonyl (C=O) groups is 1. The van der Waals surface area contributed by atoms with Gasteiger partial charge in [-0.1, -0.05) is 29.8 Å². The number of aromatic nitrogens is 2. The van der Waals surface area contributed by atoms with E-state index < -0.39 is 0 Å². The van der Waals surface area contributed by atoms with Crippen molar-refractivity contribution >= 4 is 41.1 Å². The van der Waals surface area contributed by atoms with Gasteiger partial charge in [-0.05, 0) is 17.7 Å². The van der Waals surface area contributed by atoms with Gasteiger partial charge >= 0.3 is 0 Å². The maximum atomic E-state index is 12.2. The Morgan fingerprint density at radius 3 is 2.68 bits per heavy atom. The van der Waals surface area contributed by atoms with Crippen molar-refractivity contribution in [1.82, 2.24) is 13.6 Å². The molecule has 5 nitrogen and oxygen atoms in total. The minimum atomic E-state index is 0.0102. The highest BCUT2D eigenvalue weighted by atomic mass is 35.5. The Morgan fingerprint density at radius 1 is 1.23 bits per heavy atom. The van der Waals surface area contributed by atoms with E-state index in [1.54, 1.807) is 18.3 Å². The Hall–Kier alpha value is -1.92. The largest absolute Gasteiger partial charge is 0.351 e. The highest BCUT2D eigenvalue weighted by molar-refractivity contribution is 6.99. The smallest absolute Gasteiger partial charge is 0.246 e. The van der Waals surface area contributed by atoms with E-state index in [4.69, 9.17) is 11.6 Å². The van der Waals surface area contributed by atoms with Crippen LogP contribution in [0.5, 0.6) is 0 Å². The first-order chi connectivity index (χ1) is 10.7. The highest BCUT2D eigenvalue weighted by Crippen LogP contribution is 2.17. The first kappa shape index (κ1) is 15.0. The fraction of sp³-hybridized carbons (Fsp3) is 0.267. The lowest BCUT2D eigenvalue weighted by atomic mass is 10.2. The van der Waals surface area contributed by atoms with Crippen LogP contribution in [0.25, 0.3) is 6.08 Å². The van der Waals surface area contributed by atoms with Crippen LogP contribution in [0.4, 0.5) is 5.82 Å². The number of nitrogens with zero attached hydrogens (tertiary/aromatic N) is 4. The molecule has 0 radical (unpaired) electrons. The van der Waals surface area contributed by atoms with E-state index in [2.05, 4.69) is 13.6 Å². The molecule has 0 aliphatic carbocycles. The maximum absolute atomic E-state index is 12.2. The zero-order valence-corrected chi connectivity index (χ0v) is 13.4. The molecule has 3 rings (SSSR count). The summed E-state index contributed by atoms with van der Waals surface area (Å²) in [4.78, 5) is 16.2. The predicted molar refractivity (Wildman–Crippen MR) is 89.2 cm³/mol. The summed E-state index contributed by atoms with van der Waals surface area (Å²) in [6.07, 6.45) is 5.11. The van der Waals surface area contributed by atoms with Crippen molar-refractivity contribution in [3.05, 3.63) is 47.1 Å². The monoisotopic (exact) mass is 334 g/mol. The average Bonchev–Trinajstić information content (AvgIpc) is 3.08. The lowest BCUT2D eigenvalue weighted by Crippen LogP contribution is -2.48. The van der Waals surface area contributed by atoms with Gasteiger partial charge in [0.15, 0.2) is 5.82 Å². The second-order valence-corrected chi connectivity index (χ2v) is 5.90. The molecule has 2 aromatic rings. The van der Waals surface area contributed by atoms with Crippen molar-refractivity contribution < 1.29 is 4.79 Å². The highest BCUT2D eigenvalue weighted by Gasteiger charge is 2.20. The summed E-state index contributed by atoms with van der Waals surface area (Å²) in [5, 5.41) is 0.646. The maximum Gasteiger partial charge on any atom is 0.246 e. The van der Waals surface area contributed by atoms with E-state index in [-0.39, 0.29) is 5.91 Å².